The topological polar surface area (TPSA) is 124 Å². The summed E-state index contributed by atoms with van der Waals surface area (Å²) in [7, 11) is -4.64. The Labute approximate surface area is 103 Å². The first-order chi connectivity index (χ1) is 5.87. The van der Waals surface area contributed by atoms with Crippen molar-refractivity contribution in [3.63, 3.8) is 0 Å². The Morgan fingerprint density at radius 3 is 2.14 bits per heavy atom. The predicted octanol–water partition coefficient (Wildman–Crippen LogP) is -1.97. The Bertz CT molecular complexity index is 204. The van der Waals surface area contributed by atoms with Gasteiger partial charge in [0.1, 0.15) is 12.4 Å². The maximum absolute atomic E-state index is 10.1. The van der Waals surface area contributed by atoms with Crippen molar-refractivity contribution in [2.45, 2.75) is 18.6 Å². The molecular formula is C5H11NaO7P. The largest absolute Gasteiger partial charge is 0.469 e. The third kappa shape index (κ3) is 9.26. The van der Waals surface area contributed by atoms with E-state index in [1.165, 1.54) is 0 Å². The van der Waals surface area contributed by atoms with Gasteiger partial charge in [-0.1, -0.05) is 0 Å². The number of aliphatic hydroxyl groups excluding tert-OH is 2. The monoisotopic (exact) mass is 237 g/mol. The van der Waals surface area contributed by atoms with E-state index in [0.717, 1.165) is 0 Å². The van der Waals surface area contributed by atoms with E-state index < -0.39 is 26.6 Å². The average molecular weight is 237 g/mol. The van der Waals surface area contributed by atoms with Crippen LogP contribution in [-0.2, 0) is 13.9 Å². The molecule has 1 radical (unpaired) electrons. The molecule has 0 bridgehead atoms. The van der Waals surface area contributed by atoms with E-state index in [1.54, 1.807) is 0 Å². The summed E-state index contributed by atoms with van der Waals surface area (Å²) in [5.74, 6) is 0. The molecule has 7 nitrogen and oxygen atoms in total. The Morgan fingerprint density at radius 1 is 1.29 bits per heavy atom. The van der Waals surface area contributed by atoms with Gasteiger partial charge < -0.3 is 24.8 Å². The van der Waals surface area contributed by atoms with Gasteiger partial charge in [-0.3, -0.25) is 4.52 Å². The first-order valence-electron chi connectivity index (χ1n) is 3.36. The van der Waals surface area contributed by atoms with Gasteiger partial charge in [-0.05, 0) is 0 Å². The van der Waals surface area contributed by atoms with E-state index in [-0.39, 0.29) is 36.0 Å². The summed E-state index contributed by atoms with van der Waals surface area (Å²) in [6, 6.07) is 0. The molecule has 9 heteroatoms. The first kappa shape index (κ1) is 17.1. The molecule has 0 aliphatic heterocycles. The van der Waals surface area contributed by atoms with Gasteiger partial charge in [0.05, 0.1) is 12.7 Å². The Kier molecular flexibility index (Phi) is 9.68. The number of hydrogen-bond donors (Lipinski definition) is 4. The number of carbonyl (C=O) groups excluding carboxylic acids is 1. The minimum Gasteiger partial charge on any atom is -0.390 e. The maximum atomic E-state index is 10.1. The number of aldehydes is 1. The molecule has 0 aromatic heterocycles. The van der Waals surface area contributed by atoms with Crippen molar-refractivity contribution in [1.82, 2.24) is 0 Å². The van der Waals surface area contributed by atoms with Crippen LogP contribution >= 0.6 is 7.82 Å². The van der Waals surface area contributed by atoms with Crippen LogP contribution in [0.15, 0.2) is 0 Å². The van der Waals surface area contributed by atoms with E-state index >= 15 is 0 Å². The Morgan fingerprint density at radius 2 is 1.79 bits per heavy atom. The van der Waals surface area contributed by atoms with Crippen molar-refractivity contribution in [3.8, 4) is 0 Å². The van der Waals surface area contributed by atoms with E-state index in [4.69, 9.17) is 20.0 Å². The quantitative estimate of drug-likeness (QED) is 0.240. The zero-order valence-corrected chi connectivity index (χ0v) is 10.5. The van der Waals surface area contributed by atoms with Crippen molar-refractivity contribution >= 4 is 43.7 Å². The second-order valence-corrected chi connectivity index (χ2v) is 3.56. The number of hydrogen-bond acceptors (Lipinski definition) is 5. The summed E-state index contributed by atoms with van der Waals surface area (Å²) in [5.41, 5.74) is 0. The Balaban J connectivity index is 0. The number of phosphoric ester groups is 1. The second kappa shape index (κ2) is 7.92. The fourth-order valence-electron chi connectivity index (χ4n) is 0.540. The third-order valence-corrected chi connectivity index (χ3v) is 1.68. The van der Waals surface area contributed by atoms with Crippen molar-refractivity contribution in [1.29, 1.82) is 0 Å². The van der Waals surface area contributed by atoms with Gasteiger partial charge in [0.25, 0.3) is 0 Å². The minimum absolute atomic E-state index is 0. The molecule has 4 N–H and O–H groups in total. The molecule has 0 rings (SSSR count). The normalized spacial score (nSPS) is 15.4. The molecule has 0 saturated carbocycles. The van der Waals surface area contributed by atoms with Crippen LogP contribution in [0.5, 0.6) is 0 Å². The fourth-order valence-corrected chi connectivity index (χ4v) is 0.887. The summed E-state index contributed by atoms with van der Waals surface area (Å²) < 4.78 is 14.0. The summed E-state index contributed by atoms with van der Waals surface area (Å²) >= 11 is 0. The molecule has 0 aliphatic rings. The van der Waals surface area contributed by atoms with Crippen LogP contribution in [0, 0.1) is 0 Å². The summed E-state index contributed by atoms with van der Waals surface area (Å²) in [4.78, 5) is 26.3. The minimum atomic E-state index is -4.64. The Hall–Kier alpha value is 0.700. The van der Waals surface area contributed by atoms with E-state index in [9.17, 15) is 9.36 Å². The SMILES string of the molecule is O=CCC(O)C(O)COP(=O)(O)O.[Na]. The number of rotatable bonds is 6. The van der Waals surface area contributed by atoms with Gasteiger partial charge in [0.15, 0.2) is 0 Å². The van der Waals surface area contributed by atoms with Crippen molar-refractivity contribution in [3.05, 3.63) is 0 Å². The fraction of sp³-hybridized carbons (Fsp3) is 0.800. The average Bonchev–Trinajstić information content (AvgIpc) is 1.99. The molecule has 0 heterocycles. The molecule has 0 aliphatic carbocycles. The predicted molar refractivity (Wildman–Crippen MR) is 46.4 cm³/mol. The van der Waals surface area contributed by atoms with E-state index in [0.29, 0.717) is 6.29 Å². The van der Waals surface area contributed by atoms with Crippen LogP contribution in [-0.4, -0.2) is 74.7 Å². The van der Waals surface area contributed by atoms with Crippen LogP contribution in [0.3, 0.4) is 0 Å². The van der Waals surface area contributed by atoms with Crippen molar-refractivity contribution in [2.24, 2.45) is 0 Å². The van der Waals surface area contributed by atoms with Gasteiger partial charge in [-0.25, -0.2) is 4.57 Å². The standard InChI is InChI=1S/C5H11O7P.Na/c6-2-1-4(7)5(8)3-12-13(9,10)11;/h2,4-5,7-8H,1,3H2,(H2,9,10,11);. The van der Waals surface area contributed by atoms with Gasteiger partial charge in [0, 0.05) is 36.0 Å². The molecule has 0 aromatic rings. The van der Waals surface area contributed by atoms with Crippen LogP contribution in [0.1, 0.15) is 6.42 Å². The molecule has 0 amide bonds. The molecule has 2 unspecified atom stereocenters. The molecule has 0 aromatic carbocycles. The first-order valence-corrected chi connectivity index (χ1v) is 4.89. The van der Waals surface area contributed by atoms with E-state index in [2.05, 4.69) is 4.52 Å². The molecule has 0 saturated heterocycles. The maximum Gasteiger partial charge on any atom is 0.469 e. The van der Waals surface area contributed by atoms with Crippen LogP contribution in [0.2, 0.25) is 0 Å². The molecule has 2 atom stereocenters. The van der Waals surface area contributed by atoms with Crippen molar-refractivity contribution in [2.75, 3.05) is 6.61 Å². The van der Waals surface area contributed by atoms with Gasteiger partial charge in [-0.2, -0.15) is 0 Å². The van der Waals surface area contributed by atoms with Gasteiger partial charge in [-0.15, -0.1) is 0 Å². The number of aliphatic hydroxyl groups is 2. The molecule has 0 spiro atoms. The summed E-state index contributed by atoms with van der Waals surface area (Å²) in [5, 5.41) is 17.8. The number of carbonyl (C=O) groups is 1. The van der Waals surface area contributed by atoms with Crippen LogP contribution in [0.4, 0.5) is 0 Å². The summed E-state index contributed by atoms with van der Waals surface area (Å²) in [6.07, 6.45) is -2.79. The molecule has 14 heavy (non-hydrogen) atoms. The van der Waals surface area contributed by atoms with Crippen LogP contribution < -0.4 is 0 Å². The second-order valence-electron chi connectivity index (χ2n) is 2.32. The van der Waals surface area contributed by atoms with Gasteiger partial charge >= 0.3 is 7.82 Å². The summed E-state index contributed by atoms with van der Waals surface area (Å²) in [6.45, 7) is -0.723. The van der Waals surface area contributed by atoms with Gasteiger partial charge in [0.2, 0.25) is 0 Å². The zero-order chi connectivity index (χ0) is 10.5. The number of phosphoric acid groups is 1. The van der Waals surface area contributed by atoms with E-state index in [1.807, 2.05) is 0 Å². The third-order valence-electron chi connectivity index (χ3n) is 1.20. The zero-order valence-electron chi connectivity index (χ0n) is 7.61. The smallest absolute Gasteiger partial charge is 0.390 e. The molecule has 79 valence electrons. The molecule has 0 fully saturated rings. The van der Waals surface area contributed by atoms with Crippen molar-refractivity contribution < 1.29 is 33.9 Å². The van der Waals surface area contributed by atoms with Crippen LogP contribution in [0.25, 0.3) is 0 Å². The molecular weight excluding hydrogens is 226 g/mol.